The van der Waals surface area contributed by atoms with Crippen LogP contribution in [0.3, 0.4) is 0 Å². The first-order valence-electron chi connectivity index (χ1n) is 6.40. The highest BCUT2D eigenvalue weighted by atomic mass is 19.4. The Morgan fingerprint density at radius 3 is 2.58 bits per heavy atom. The van der Waals surface area contributed by atoms with Crippen molar-refractivity contribution in [3.63, 3.8) is 0 Å². The van der Waals surface area contributed by atoms with E-state index in [1.54, 1.807) is 19.9 Å². The van der Waals surface area contributed by atoms with Crippen LogP contribution in [0.1, 0.15) is 32.1 Å². The molecule has 0 amide bonds. The third-order valence-corrected chi connectivity index (χ3v) is 2.86. The number of hydrogen-bond donors (Lipinski definition) is 1. The van der Waals surface area contributed by atoms with Gasteiger partial charge in [-0.15, -0.1) is 0 Å². The topological polar surface area (TPSA) is 28.4 Å². The molecule has 6 heteroatoms. The van der Waals surface area contributed by atoms with E-state index in [2.05, 4.69) is 5.32 Å². The molecule has 1 aromatic heterocycles. The van der Waals surface area contributed by atoms with Crippen molar-refractivity contribution in [1.29, 1.82) is 0 Å². The van der Waals surface area contributed by atoms with Crippen molar-refractivity contribution in [1.82, 2.24) is 10.2 Å². The molecule has 0 atom stereocenters. The summed E-state index contributed by atoms with van der Waals surface area (Å²) in [6.45, 7) is 6.15. The van der Waals surface area contributed by atoms with E-state index in [1.165, 1.54) is 11.2 Å². The zero-order chi connectivity index (χ0) is 14.5. The van der Waals surface area contributed by atoms with Crippen LogP contribution in [0, 0.1) is 0 Å². The number of alkyl halides is 3. The predicted molar refractivity (Wildman–Crippen MR) is 67.7 cm³/mol. The molecule has 0 spiro atoms. The van der Waals surface area contributed by atoms with Gasteiger partial charge in [-0.05, 0) is 26.5 Å². The highest BCUT2D eigenvalue weighted by Crippen LogP contribution is 2.21. The smallest absolute Gasteiger partial charge is 0.401 e. The van der Waals surface area contributed by atoms with Gasteiger partial charge in [-0.2, -0.15) is 13.2 Å². The Morgan fingerprint density at radius 2 is 2.05 bits per heavy atom. The summed E-state index contributed by atoms with van der Waals surface area (Å²) < 4.78 is 42.9. The van der Waals surface area contributed by atoms with Crippen LogP contribution < -0.4 is 5.32 Å². The fourth-order valence-corrected chi connectivity index (χ4v) is 1.77. The number of rotatable bonds is 7. The third kappa shape index (κ3) is 5.65. The summed E-state index contributed by atoms with van der Waals surface area (Å²) in [6.07, 6.45) is -2.66. The van der Waals surface area contributed by atoms with Crippen LogP contribution in [0.2, 0.25) is 0 Å². The van der Waals surface area contributed by atoms with Crippen molar-refractivity contribution in [2.75, 3.05) is 13.1 Å². The Bertz CT molecular complexity index is 374. The second-order valence-corrected chi connectivity index (χ2v) is 4.76. The van der Waals surface area contributed by atoms with Gasteiger partial charge in [-0.3, -0.25) is 4.90 Å². The minimum atomic E-state index is -4.18. The van der Waals surface area contributed by atoms with E-state index in [4.69, 9.17) is 4.42 Å². The van der Waals surface area contributed by atoms with Crippen LogP contribution in [-0.4, -0.2) is 30.2 Å². The molecule has 0 aliphatic heterocycles. The van der Waals surface area contributed by atoms with Gasteiger partial charge in [-0.1, -0.05) is 6.92 Å². The molecule has 1 N–H and O–H groups in total. The number of hydrogen-bond acceptors (Lipinski definition) is 3. The standard InChI is InChI=1S/C13H21F3N2O/c1-4-17-7-12-11(5-6-19-12)8-18(10(2)3)9-13(14,15)16/h5-6,10,17H,4,7-9H2,1-3H3. The maximum atomic E-state index is 12.5. The molecular weight excluding hydrogens is 257 g/mol. The Hall–Kier alpha value is -1.01. The molecule has 0 aromatic carbocycles. The average molecular weight is 278 g/mol. The first-order valence-corrected chi connectivity index (χ1v) is 6.40. The minimum Gasteiger partial charge on any atom is -0.468 e. The normalized spacial score (nSPS) is 12.6. The van der Waals surface area contributed by atoms with Gasteiger partial charge < -0.3 is 9.73 Å². The van der Waals surface area contributed by atoms with E-state index >= 15 is 0 Å². The lowest BCUT2D eigenvalue weighted by atomic mass is 10.2. The van der Waals surface area contributed by atoms with E-state index in [1.807, 2.05) is 6.92 Å². The summed E-state index contributed by atoms with van der Waals surface area (Å²) in [6, 6.07) is 1.56. The zero-order valence-corrected chi connectivity index (χ0v) is 11.5. The van der Waals surface area contributed by atoms with E-state index in [0.29, 0.717) is 12.3 Å². The quantitative estimate of drug-likeness (QED) is 0.830. The second kappa shape index (κ2) is 6.96. The number of halogens is 3. The predicted octanol–water partition coefficient (Wildman–Crippen LogP) is 3.16. The highest BCUT2D eigenvalue weighted by molar-refractivity contribution is 5.17. The summed E-state index contributed by atoms with van der Waals surface area (Å²) in [4.78, 5) is 1.39. The monoisotopic (exact) mass is 278 g/mol. The van der Waals surface area contributed by atoms with Crippen LogP contribution in [0.5, 0.6) is 0 Å². The molecule has 0 fully saturated rings. The van der Waals surface area contributed by atoms with Gasteiger partial charge in [0.25, 0.3) is 0 Å². The Labute approximate surface area is 111 Å². The molecule has 0 radical (unpaired) electrons. The summed E-state index contributed by atoms with van der Waals surface area (Å²) in [5.74, 6) is 0.703. The van der Waals surface area contributed by atoms with Gasteiger partial charge in [0, 0.05) is 18.2 Å². The van der Waals surface area contributed by atoms with Crippen LogP contribution in [0.15, 0.2) is 16.7 Å². The Kier molecular flexibility index (Phi) is 5.87. The summed E-state index contributed by atoms with van der Waals surface area (Å²) in [5, 5.41) is 3.11. The molecule has 110 valence electrons. The van der Waals surface area contributed by atoms with E-state index in [9.17, 15) is 13.2 Å². The summed E-state index contributed by atoms with van der Waals surface area (Å²) in [5.41, 5.74) is 0.805. The van der Waals surface area contributed by atoms with Gasteiger partial charge in [0.1, 0.15) is 5.76 Å². The Balaban J connectivity index is 2.71. The third-order valence-electron chi connectivity index (χ3n) is 2.86. The molecule has 1 aromatic rings. The van der Waals surface area contributed by atoms with Crippen molar-refractivity contribution in [2.24, 2.45) is 0 Å². The molecule has 0 saturated heterocycles. The van der Waals surface area contributed by atoms with Gasteiger partial charge in [0.05, 0.1) is 19.4 Å². The molecule has 0 aliphatic rings. The van der Waals surface area contributed by atoms with Crippen LogP contribution in [0.4, 0.5) is 13.2 Å². The lowest BCUT2D eigenvalue weighted by Gasteiger charge is -2.27. The van der Waals surface area contributed by atoms with E-state index in [0.717, 1.165) is 12.1 Å². The molecule has 1 heterocycles. The first-order chi connectivity index (χ1) is 8.83. The highest BCUT2D eigenvalue weighted by Gasteiger charge is 2.32. The van der Waals surface area contributed by atoms with Crippen LogP contribution in [0.25, 0.3) is 0 Å². The fraction of sp³-hybridized carbons (Fsp3) is 0.692. The molecule has 3 nitrogen and oxygen atoms in total. The van der Waals surface area contributed by atoms with Crippen molar-refractivity contribution in [2.45, 2.75) is 46.1 Å². The lowest BCUT2D eigenvalue weighted by molar-refractivity contribution is -0.150. The fourth-order valence-electron chi connectivity index (χ4n) is 1.77. The Morgan fingerprint density at radius 1 is 1.37 bits per heavy atom. The number of furan rings is 1. The van der Waals surface area contributed by atoms with E-state index < -0.39 is 12.7 Å². The maximum absolute atomic E-state index is 12.5. The molecular formula is C13H21F3N2O. The maximum Gasteiger partial charge on any atom is 0.401 e. The van der Waals surface area contributed by atoms with Crippen LogP contribution in [-0.2, 0) is 13.1 Å². The molecule has 0 aliphatic carbocycles. The number of nitrogens with one attached hydrogen (secondary N) is 1. The zero-order valence-electron chi connectivity index (χ0n) is 11.5. The molecule has 19 heavy (non-hydrogen) atoms. The van der Waals surface area contributed by atoms with Gasteiger partial charge >= 0.3 is 6.18 Å². The van der Waals surface area contributed by atoms with Crippen molar-refractivity contribution in [3.05, 3.63) is 23.7 Å². The van der Waals surface area contributed by atoms with Crippen LogP contribution >= 0.6 is 0 Å². The minimum absolute atomic E-state index is 0.177. The number of nitrogens with zero attached hydrogens (tertiary/aromatic N) is 1. The molecule has 0 saturated carbocycles. The van der Waals surface area contributed by atoms with Gasteiger partial charge in [0.2, 0.25) is 0 Å². The lowest BCUT2D eigenvalue weighted by Crippen LogP contribution is -2.38. The largest absolute Gasteiger partial charge is 0.468 e. The average Bonchev–Trinajstić information content (AvgIpc) is 2.71. The molecule has 0 unspecified atom stereocenters. The second-order valence-electron chi connectivity index (χ2n) is 4.76. The van der Waals surface area contributed by atoms with Crippen molar-refractivity contribution in [3.8, 4) is 0 Å². The molecule has 1 rings (SSSR count). The molecule has 0 bridgehead atoms. The summed E-state index contributed by atoms with van der Waals surface area (Å²) >= 11 is 0. The van der Waals surface area contributed by atoms with Gasteiger partial charge in [0.15, 0.2) is 0 Å². The van der Waals surface area contributed by atoms with Gasteiger partial charge in [-0.25, -0.2) is 0 Å². The SMILES string of the molecule is CCNCc1occc1CN(CC(F)(F)F)C(C)C. The van der Waals surface area contributed by atoms with Crippen molar-refractivity contribution < 1.29 is 17.6 Å². The summed E-state index contributed by atoms with van der Waals surface area (Å²) in [7, 11) is 0. The van der Waals surface area contributed by atoms with Crippen molar-refractivity contribution >= 4 is 0 Å². The first kappa shape index (κ1) is 16.0. The van der Waals surface area contributed by atoms with E-state index in [-0.39, 0.29) is 12.6 Å².